The van der Waals surface area contributed by atoms with Crippen molar-refractivity contribution >= 4 is 0 Å². The molecule has 0 radical (unpaired) electrons. The minimum absolute atomic E-state index is 0.0426. The van der Waals surface area contributed by atoms with Gasteiger partial charge in [-0.05, 0) is 25.8 Å². The largest absolute Gasteiger partial charge is 0.364 e. The molecule has 0 amide bonds. The van der Waals surface area contributed by atoms with Crippen molar-refractivity contribution in [2.45, 2.75) is 44.3 Å². The predicted octanol–water partition coefficient (Wildman–Crippen LogP) is 3.11. The summed E-state index contributed by atoms with van der Waals surface area (Å²) in [7, 11) is 0. The molecule has 1 spiro atoms. The zero-order valence-corrected chi connectivity index (χ0v) is 10.8. The Morgan fingerprint density at radius 3 is 2.89 bits per heavy atom. The second kappa shape index (κ2) is 4.63. The van der Waals surface area contributed by atoms with Crippen LogP contribution in [0.1, 0.15) is 42.9 Å². The van der Waals surface area contributed by atoms with Crippen LogP contribution in [0.25, 0.3) is 0 Å². The molecule has 1 atom stereocenters. The van der Waals surface area contributed by atoms with Gasteiger partial charge in [0.25, 0.3) is 0 Å². The van der Waals surface area contributed by atoms with Crippen molar-refractivity contribution in [3.8, 4) is 0 Å². The summed E-state index contributed by atoms with van der Waals surface area (Å²) in [6.45, 7) is 3.61. The summed E-state index contributed by atoms with van der Waals surface area (Å²) in [6.07, 6.45) is 4.51. The third kappa shape index (κ3) is 2.17. The molecular formula is C15H20FNO. The maximum Gasteiger partial charge on any atom is 0.129 e. The van der Waals surface area contributed by atoms with Gasteiger partial charge in [-0.15, -0.1) is 0 Å². The molecule has 3 rings (SSSR count). The van der Waals surface area contributed by atoms with Gasteiger partial charge >= 0.3 is 0 Å². The van der Waals surface area contributed by atoms with Crippen LogP contribution in [0.3, 0.4) is 0 Å². The molecule has 0 bridgehead atoms. The fraction of sp³-hybridized carbons (Fsp3) is 0.600. The van der Waals surface area contributed by atoms with Crippen molar-refractivity contribution in [3.05, 3.63) is 35.1 Å². The van der Waals surface area contributed by atoms with Crippen molar-refractivity contribution in [2.75, 3.05) is 13.1 Å². The molecule has 0 aromatic heterocycles. The van der Waals surface area contributed by atoms with E-state index in [1.807, 2.05) is 13.0 Å². The van der Waals surface area contributed by atoms with Gasteiger partial charge in [-0.1, -0.05) is 30.5 Å². The molecule has 1 unspecified atom stereocenters. The Labute approximate surface area is 108 Å². The molecule has 3 heteroatoms. The Balaban J connectivity index is 1.85. The van der Waals surface area contributed by atoms with Gasteiger partial charge in [0, 0.05) is 18.7 Å². The summed E-state index contributed by atoms with van der Waals surface area (Å²) in [5.74, 6) is -0.151. The van der Waals surface area contributed by atoms with E-state index >= 15 is 0 Å². The zero-order valence-electron chi connectivity index (χ0n) is 10.8. The van der Waals surface area contributed by atoms with Crippen LogP contribution in [0.5, 0.6) is 0 Å². The molecule has 1 aromatic rings. The first-order valence-electron chi connectivity index (χ1n) is 6.83. The molecular weight excluding hydrogens is 229 g/mol. The Kier molecular flexibility index (Phi) is 3.12. The van der Waals surface area contributed by atoms with Crippen LogP contribution in [0, 0.1) is 12.7 Å². The first kappa shape index (κ1) is 12.1. The third-order valence-corrected chi connectivity index (χ3v) is 4.18. The van der Waals surface area contributed by atoms with E-state index in [0.29, 0.717) is 12.1 Å². The quantitative estimate of drug-likeness (QED) is 0.825. The standard InChI is InChI=1S/C15H20FNO/c1-11-4-5-13(16)12(8-11)14-9-17-10-15(18-14)6-2-3-7-15/h4-5,8,14,17H,2-3,6-7,9-10H2,1H3. The average Bonchev–Trinajstić information content (AvgIpc) is 2.80. The highest BCUT2D eigenvalue weighted by Gasteiger charge is 2.40. The number of morpholine rings is 1. The summed E-state index contributed by atoms with van der Waals surface area (Å²) >= 11 is 0. The first-order valence-corrected chi connectivity index (χ1v) is 6.83. The van der Waals surface area contributed by atoms with Crippen LogP contribution in [0.4, 0.5) is 4.39 Å². The number of ether oxygens (including phenoxy) is 1. The number of hydrogen-bond acceptors (Lipinski definition) is 2. The van der Waals surface area contributed by atoms with E-state index < -0.39 is 0 Å². The lowest BCUT2D eigenvalue weighted by atomic mass is 9.97. The normalized spacial score (nSPS) is 26.7. The minimum Gasteiger partial charge on any atom is -0.364 e. The maximum atomic E-state index is 13.9. The monoisotopic (exact) mass is 249 g/mol. The predicted molar refractivity (Wildman–Crippen MR) is 69.0 cm³/mol. The van der Waals surface area contributed by atoms with Gasteiger partial charge in [0.2, 0.25) is 0 Å². The highest BCUT2D eigenvalue weighted by molar-refractivity contribution is 5.27. The Bertz CT molecular complexity index is 440. The molecule has 1 saturated carbocycles. The van der Waals surface area contributed by atoms with Crippen LogP contribution in [-0.4, -0.2) is 18.7 Å². The van der Waals surface area contributed by atoms with Gasteiger partial charge in [0.15, 0.2) is 0 Å². The third-order valence-electron chi connectivity index (χ3n) is 4.18. The van der Waals surface area contributed by atoms with E-state index in [1.165, 1.54) is 12.8 Å². The van der Waals surface area contributed by atoms with Crippen molar-refractivity contribution in [1.82, 2.24) is 5.32 Å². The van der Waals surface area contributed by atoms with Gasteiger partial charge in [-0.25, -0.2) is 4.39 Å². The highest BCUT2D eigenvalue weighted by Crippen LogP contribution is 2.39. The molecule has 1 aliphatic heterocycles. The summed E-state index contributed by atoms with van der Waals surface area (Å²) in [5, 5.41) is 3.42. The number of halogens is 1. The topological polar surface area (TPSA) is 21.3 Å². The second-order valence-corrected chi connectivity index (χ2v) is 5.65. The Morgan fingerprint density at radius 1 is 1.33 bits per heavy atom. The number of hydrogen-bond donors (Lipinski definition) is 1. The highest BCUT2D eigenvalue weighted by atomic mass is 19.1. The summed E-state index contributed by atoms with van der Waals surface area (Å²) in [6, 6.07) is 5.26. The lowest BCUT2D eigenvalue weighted by Gasteiger charge is -2.39. The van der Waals surface area contributed by atoms with Gasteiger partial charge < -0.3 is 10.1 Å². The molecule has 2 fully saturated rings. The Hall–Kier alpha value is -0.930. The van der Waals surface area contributed by atoms with Crippen LogP contribution < -0.4 is 5.32 Å². The lowest BCUT2D eigenvalue weighted by Crippen LogP contribution is -2.49. The van der Waals surface area contributed by atoms with Crippen molar-refractivity contribution < 1.29 is 9.13 Å². The summed E-state index contributed by atoms with van der Waals surface area (Å²) < 4.78 is 20.2. The molecule has 98 valence electrons. The van der Waals surface area contributed by atoms with E-state index in [2.05, 4.69) is 5.32 Å². The molecule has 1 saturated heterocycles. The van der Waals surface area contributed by atoms with E-state index in [1.54, 1.807) is 12.1 Å². The van der Waals surface area contributed by atoms with Gasteiger partial charge in [0.05, 0.1) is 11.7 Å². The zero-order chi connectivity index (χ0) is 12.6. The number of rotatable bonds is 1. The molecule has 1 heterocycles. The van der Waals surface area contributed by atoms with Gasteiger partial charge in [-0.3, -0.25) is 0 Å². The van der Waals surface area contributed by atoms with Crippen LogP contribution in [-0.2, 0) is 4.74 Å². The number of aryl methyl sites for hydroxylation is 1. The molecule has 2 nitrogen and oxygen atoms in total. The van der Waals surface area contributed by atoms with Crippen molar-refractivity contribution in [2.24, 2.45) is 0 Å². The molecule has 1 N–H and O–H groups in total. The summed E-state index contributed by atoms with van der Waals surface area (Å²) in [4.78, 5) is 0. The van der Waals surface area contributed by atoms with E-state index in [0.717, 1.165) is 24.9 Å². The van der Waals surface area contributed by atoms with Crippen LogP contribution in [0.15, 0.2) is 18.2 Å². The van der Waals surface area contributed by atoms with Crippen molar-refractivity contribution in [1.29, 1.82) is 0 Å². The number of benzene rings is 1. The number of nitrogens with one attached hydrogen (secondary N) is 1. The van der Waals surface area contributed by atoms with E-state index in [4.69, 9.17) is 4.74 Å². The van der Waals surface area contributed by atoms with Crippen molar-refractivity contribution in [3.63, 3.8) is 0 Å². The smallest absolute Gasteiger partial charge is 0.129 e. The van der Waals surface area contributed by atoms with E-state index in [9.17, 15) is 4.39 Å². The van der Waals surface area contributed by atoms with Gasteiger partial charge in [0.1, 0.15) is 5.82 Å². The first-order chi connectivity index (χ1) is 8.69. The molecule has 2 aliphatic rings. The second-order valence-electron chi connectivity index (χ2n) is 5.65. The fourth-order valence-electron chi connectivity index (χ4n) is 3.21. The van der Waals surface area contributed by atoms with Crippen LogP contribution >= 0.6 is 0 Å². The Morgan fingerprint density at radius 2 is 2.11 bits per heavy atom. The van der Waals surface area contributed by atoms with Gasteiger partial charge in [-0.2, -0.15) is 0 Å². The maximum absolute atomic E-state index is 13.9. The molecule has 1 aromatic carbocycles. The minimum atomic E-state index is -0.151. The lowest BCUT2D eigenvalue weighted by molar-refractivity contribution is -0.115. The molecule has 1 aliphatic carbocycles. The molecule has 18 heavy (non-hydrogen) atoms. The summed E-state index contributed by atoms with van der Waals surface area (Å²) in [5.41, 5.74) is 1.74. The van der Waals surface area contributed by atoms with E-state index in [-0.39, 0.29) is 17.5 Å². The van der Waals surface area contributed by atoms with Crippen LogP contribution in [0.2, 0.25) is 0 Å². The SMILES string of the molecule is Cc1ccc(F)c(C2CNCC3(CCCC3)O2)c1. The fourth-order valence-corrected chi connectivity index (χ4v) is 3.21. The average molecular weight is 249 g/mol.